The van der Waals surface area contributed by atoms with Crippen molar-refractivity contribution in [1.82, 2.24) is 19.3 Å². The average Bonchev–Trinajstić information content (AvgIpc) is 3.34. The molecule has 26 heavy (non-hydrogen) atoms. The van der Waals surface area contributed by atoms with E-state index >= 15 is 0 Å². The summed E-state index contributed by atoms with van der Waals surface area (Å²) in [4.78, 5) is 11.6. The van der Waals surface area contributed by atoms with Gasteiger partial charge in [-0.15, -0.1) is 0 Å². The van der Waals surface area contributed by atoms with Crippen LogP contribution in [0.1, 0.15) is 31.4 Å². The van der Waals surface area contributed by atoms with Crippen molar-refractivity contribution in [2.24, 2.45) is 11.8 Å². The van der Waals surface area contributed by atoms with Gasteiger partial charge in [0.25, 0.3) is 0 Å². The number of nitrogens with zero attached hydrogens (tertiary/aromatic N) is 4. The van der Waals surface area contributed by atoms with Gasteiger partial charge in [0.1, 0.15) is 17.0 Å². The number of rotatable bonds is 4. The molecule has 0 amide bonds. The number of fused-ring (bicyclic) bond motifs is 3. The van der Waals surface area contributed by atoms with Crippen LogP contribution in [0.5, 0.6) is 0 Å². The number of nitrogens with two attached hydrogens (primary N) is 1. The van der Waals surface area contributed by atoms with Gasteiger partial charge in [-0.25, -0.2) is 14.4 Å². The Balaban J connectivity index is 1.37. The molecule has 6 heteroatoms. The lowest BCUT2D eigenvalue weighted by Crippen LogP contribution is -2.35. The molecule has 1 aliphatic carbocycles. The number of nitrogen functional groups attached to an aromatic ring is 1. The molecule has 1 aromatic carbocycles. The van der Waals surface area contributed by atoms with Crippen molar-refractivity contribution >= 4 is 22.5 Å². The van der Waals surface area contributed by atoms with E-state index in [2.05, 4.69) is 9.88 Å². The SMILES string of the molecule is Nc1nc2c(F)cccc2c2nc(CC3CCN(CC4CC4)CC3)cn12. The molecule has 5 nitrogen and oxygen atoms in total. The van der Waals surface area contributed by atoms with Crippen molar-refractivity contribution in [2.45, 2.75) is 32.1 Å². The van der Waals surface area contributed by atoms with Crippen molar-refractivity contribution in [2.75, 3.05) is 25.4 Å². The maximum Gasteiger partial charge on any atom is 0.206 e. The number of aromatic nitrogens is 3. The summed E-state index contributed by atoms with van der Waals surface area (Å²) in [5, 5.41) is 0.713. The summed E-state index contributed by atoms with van der Waals surface area (Å²) < 4.78 is 15.8. The third-order valence-corrected chi connectivity index (χ3v) is 5.87. The van der Waals surface area contributed by atoms with Crippen molar-refractivity contribution in [3.63, 3.8) is 0 Å². The minimum absolute atomic E-state index is 0.288. The van der Waals surface area contributed by atoms with E-state index in [4.69, 9.17) is 10.7 Å². The largest absolute Gasteiger partial charge is 0.369 e. The zero-order valence-corrected chi connectivity index (χ0v) is 14.9. The Labute approximate surface area is 152 Å². The number of hydrogen-bond acceptors (Lipinski definition) is 4. The van der Waals surface area contributed by atoms with Gasteiger partial charge in [0.05, 0.1) is 5.69 Å². The van der Waals surface area contributed by atoms with Gasteiger partial charge in [-0.1, -0.05) is 6.07 Å². The van der Waals surface area contributed by atoms with Crippen LogP contribution in [0.2, 0.25) is 0 Å². The highest BCUT2D eigenvalue weighted by atomic mass is 19.1. The molecule has 3 aromatic rings. The van der Waals surface area contributed by atoms with E-state index in [1.807, 2.05) is 12.3 Å². The van der Waals surface area contributed by atoms with Gasteiger partial charge in [0.15, 0.2) is 0 Å². The van der Waals surface area contributed by atoms with Crippen LogP contribution in [0.15, 0.2) is 24.4 Å². The summed E-state index contributed by atoms with van der Waals surface area (Å²) in [6, 6.07) is 4.96. The first-order valence-corrected chi connectivity index (χ1v) is 9.61. The number of hydrogen-bond donors (Lipinski definition) is 1. The molecule has 0 atom stereocenters. The lowest BCUT2D eigenvalue weighted by molar-refractivity contribution is 0.177. The summed E-state index contributed by atoms with van der Waals surface area (Å²) >= 11 is 0. The van der Waals surface area contributed by atoms with Gasteiger partial charge in [0.2, 0.25) is 5.95 Å². The fraction of sp³-hybridized carbons (Fsp3) is 0.500. The summed E-state index contributed by atoms with van der Waals surface area (Å²) in [7, 11) is 0. The molecule has 5 rings (SSSR count). The minimum Gasteiger partial charge on any atom is -0.369 e. The smallest absolute Gasteiger partial charge is 0.206 e. The van der Waals surface area contributed by atoms with Crippen LogP contribution in [0.25, 0.3) is 16.6 Å². The van der Waals surface area contributed by atoms with E-state index in [1.165, 1.54) is 51.4 Å². The van der Waals surface area contributed by atoms with Crippen LogP contribution >= 0.6 is 0 Å². The third-order valence-electron chi connectivity index (χ3n) is 5.87. The highest BCUT2D eigenvalue weighted by molar-refractivity contribution is 5.92. The molecular weight excluding hydrogens is 329 g/mol. The zero-order chi connectivity index (χ0) is 17.7. The Bertz CT molecular complexity index is 954. The van der Waals surface area contributed by atoms with Crippen molar-refractivity contribution in [1.29, 1.82) is 0 Å². The minimum atomic E-state index is -0.357. The first kappa shape index (κ1) is 16.0. The highest BCUT2D eigenvalue weighted by Gasteiger charge is 2.27. The molecule has 0 bridgehead atoms. The van der Waals surface area contributed by atoms with Crippen molar-refractivity contribution < 1.29 is 4.39 Å². The van der Waals surface area contributed by atoms with E-state index in [0.29, 0.717) is 22.5 Å². The Kier molecular flexibility index (Phi) is 3.81. The van der Waals surface area contributed by atoms with E-state index in [1.54, 1.807) is 10.5 Å². The average molecular weight is 353 g/mol. The lowest BCUT2D eigenvalue weighted by atomic mass is 9.92. The molecule has 1 saturated heterocycles. The maximum atomic E-state index is 14.0. The molecule has 3 heterocycles. The first-order chi connectivity index (χ1) is 12.7. The van der Waals surface area contributed by atoms with E-state index < -0.39 is 0 Å². The van der Waals surface area contributed by atoms with E-state index in [9.17, 15) is 4.39 Å². The van der Waals surface area contributed by atoms with E-state index in [0.717, 1.165) is 18.0 Å². The predicted molar refractivity (Wildman–Crippen MR) is 100 cm³/mol. The second-order valence-electron chi connectivity index (χ2n) is 7.92. The van der Waals surface area contributed by atoms with Crippen LogP contribution in [0.3, 0.4) is 0 Å². The van der Waals surface area contributed by atoms with Crippen LogP contribution in [0, 0.1) is 17.7 Å². The van der Waals surface area contributed by atoms with Gasteiger partial charge in [-0.2, -0.15) is 0 Å². The van der Waals surface area contributed by atoms with Crippen LogP contribution in [-0.4, -0.2) is 38.9 Å². The zero-order valence-electron chi connectivity index (χ0n) is 14.9. The molecule has 1 aliphatic heterocycles. The van der Waals surface area contributed by atoms with Gasteiger partial charge in [-0.05, 0) is 69.2 Å². The summed E-state index contributed by atoms with van der Waals surface area (Å²) in [5.41, 5.74) is 8.07. The molecule has 136 valence electrons. The summed E-state index contributed by atoms with van der Waals surface area (Å²) in [6.07, 6.45) is 8.22. The molecule has 0 radical (unpaired) electrons. The third kappa shape index (κ3) is 2.92. The molecule has 0 spiro atoms. The lowest BCUT2D eigenvalue weighted by Gasteiger charge is -2.31. The molecule has 2 aromatic heterocycles. The van der Waals surface area contributed by atoms with Gasteiger partial charge in [0, 0.05) is 18.1 Å². The second-order valence-corrected chi connectivity index (χ2v) is 7.92. The molecule has 0 unspecified atom stereocenters. The number of likely N-dealkylation sites (tertiary alicyclic amines) is 1. The number of piperidine rings is 1. The number of para-hydroxylation sites is 1. The Morgan fingerprint density at radius 1 is 1.08 bits per heavy atom. The topological polar surface area (TPSA) is 59.5 Å². The number of halogens is 1. The molecule has 2 aliphatic rings. The fourth-order valence-electron chi connectivity index (χ4n) is 4.20. The quantitative estimate of drug-likeness (QED) is 0.782. The van der Waals surface area contributed by atoms with Crippen LogP contribution in [-0.2, 0) is 6.42 Å². The van der Waals surface area contributed by atoms with Gasteiger partial charge >= 0.3 is 0 Å². The van der Waals surface area contributed by atoms with Gasteiger partial charge in [-0.3, -0.25) is 4.40 Å². The second kappa shape index (κ2) is 6.20. The van der Waals surface area contributed by atoms with Crippen LogP contribution in [0.4, 0.5) is 10.3 Å². The summed E-state index contributed by atoms with van der Waals surface area (Å²) in [5.74, 6) is 1.56. The number of imidazole rings is 1. The Morgan fingerprint density at radius 2 is 1.88 bits per heavy atom. The number of benzene rings is 1. The maximum absolute atomic E-state index is 14.0. The first-order valence-electron chi connectivity index (χ1n) is 9.61. The predicted octanol–water partition coefficient (Wildman–Crippen LogP) is 3.27. The molecular formula is C20H24FN5. The van der Waals surface area contributed by atoms with Gasteiger partial charge < -0.3 is 10.6 Å². The molecule has 1 saturated carbocycles. The summed E-state index contributed by atoms with van der Waals surface area (Å²) in [6.45, 7) is 3.69. The van der Waals surface area contributed by atoms with E-state index in [-0.39, 0.29) is 11.8 Å². The fourth-order valence-corrected chi connectivity index (χ4v) is 4.20. The van der Waals surface area contributed by atoms with Crippen molar-refractivity contribution in [3.8, 4) is 0 Å². The molecule has 2 fully saturated rings. The standard InChI is InChI=1S/C20H24FN5/c21-17-3-1-2-16-18(17)24-20(22)26-12-15(23-19(16)26)10-13-6-8-25(9-7-13)11-14-4-5-14/h1-3,12-14H,4-11H2,(H2,22,24). The van der Waals surface area contributed by atoms with Crippen molar-refractivity contribution in [3.05, 3.63) is 35.9 Å². The Hall–Kier alpha value is -2.21. The van der Waals surface area contributed by atoms with Crippen LogP contribution < -0.4 is 5.73 Å². The normalized spacial score (nSPS) is 19.6. The highest BCUT2D eigenvalue weighted by Crippen LogP contribution is 2.32. The monoisotopic (exact) mass is 353 g/mol. The number of anilines is 1. The Morgan fingerprint density at radius 3 is 2.65 bits per heavy atom. The molecule has 2 N–H and O–H groups in total.